The molecule has 1 heterocycles. The Hall–Kier alpha value is -1.07. The molecule has 1 aromatic carbocycles. The van der Waals surface area contributed by atoms with Crippen molar-refractivity contribution in [3.8, 4) is 0 Å². The van der Waals surface area contributed by atoms with Crippen molar-refractivity contribution in [2.75, 3.05) is 18.8 Å². The van der Waals surface area contributed by atoms with Crippen LogP contribution in [0, 0.1) is 11.8 Å². The van der Waals surface area contributed by atoms with Crippen molar-refractivity contribution in [2.45, 2.75) is 38.9 Å². The monoisotopic (exact) mass is 310 g/mol. The van der Waals surface area contributed by atoms with Gasteiger partial charge >= 0.3 is 0 Å². The molecule has 1 aromatic rings. The molecule has 1 atom stereocenters. The van der Waals surface area contributed by atoms with Crippen molar-refractivity contribution in [3.05, 3.63) is 29.8 Å². The number of benzene rings is 1. The molecule has 4 nitrogen and oxygen atoms in total. The van der Waals surface area contributed by atoms with Crippen LogP contribution in [0.4, 0.5) is 5.69 Å². The van der Waals surface area contributed by atoms with Crippen LogP contribution in [-0.4, -0.2) is 25.8 Å². The standard InChI is InChI=1S/C16H26N2O2S/c1-13(2)15-4-3-10-18(11-9-15)21(19,20)12-14-5-7-16(17)8-6-14/h5-8,13,15H,3-4,9-12,17H2,1-2H3. The van der Waals surface area contributed by atoms with E-state index in [1.807, 2.05) is 0 Å². The summed E-state index contributed by atoms with van der Waals surface area (Å²) in [6.45, 7) is 5.76. The lowest BCUT2D eigenvalue weighted by atomic mass is 9.89. The quantitative estimate of drug-likeness (QED) is 0.870. The molecule has 2 rings (SSSR count). The van der Waals surface area contributed by atoms with Crippen LogP contribution in [0.5, 0.6) is 0 Å². The second kappa shape index (κ2) is 6.79. The predicted octanol–water partition coefficient (Wildman–Crippen LogP) is 2.86. The number of nitrogen functional groups attached to an aromatic ring is 1. The van der Waals surface area contributed by atoms with Crippen LogP contribution in [0.2, 0.25) is 0 Å². The molecule has 0 spiro atoms. The van der Waals surface area contributed by atoms with Gasteiger partial charge in [0, 0.05) is 18.8 Å². The lowest BCUT2D eigenvalue weighted by molar-refractivity contribution is 0.340. The Morgan fingerprint density at radius 1 is 1.19 bits per heavy atom. The molecular weight excluding hydrogens is 284 g/mol. The molecule has 21 heavy (non-hydrogen) atoms. The third-order valence-electron chi connectivity index (χ3n) is 4.40. The van der Waals surface area contributed by atoms with E-state index >= 15 is 0 Å². The predicted molar refractivity (Wildman–Crippen MR) is 87.2 cm³/mol. The minimum Gasteiger partial charge on any atom is -0.399 e. The zero-order valence-electron chi connectivity index (χ0n) is 13.0. The van der Waals surface area contributed by atoms with Crippen LogP contribution < -0.4 is 5.73 Å². The highest BCUT2D eigenvalue weighted by Gasteiger charge is 2.27. The molecule has 0 aromatic heterocycles. The SMILES string of the molecule is CC(C)C1CCCN(S(=O)(=O)Cc2ccc(N)cc2)CC1. The molecule has 0 bridgehead atoms. The van der Waals surface area contributed by atoms with Crippen LogP contribution >= 0.6 is 0 Å². The molecule has 1 fully saturated rings. The van der Waals surface area contributed by atoms with E-state index in [-0.39, 0.29) is 5.75 Å². The van der Waals surface area contributed by atoms with Gasteiger partial charge in [0.25, 0.3) is 0 Å². The minimum absolute atomic E-state index is 0.0691. The highest BCUT2D eigenvalue weighted by molar-refractivity contribution is 7.88. The smallest absolute Gasteiger partial charge is 0.218 e. The van der Waals surface area contributed by atoms with E-state index in [1.54, 1.807) is 28.6 Å². The molecule has 1 aliphatic heterocycles. The molecule has 0 amide bonds. The average Bonchev–Trinajstić information content (AvgIpc) is 2.67. The van der Waals surface area contributed by atoms with Crippen LogP contribution in [0.3, 0.4) is 0 Å². The van der Waals surface area contributed by atoms with Gasteiger partial charge in [-0.1, -0.05) is 26.0 Å². The first kappa shape index (κ1) is 16.3. The summed E-state index contributed by atoms with van der Waals surface area (Å²) in [5.74, 6) is 1.34. The molecule has 118 valence electrons. The maximum atomic E-state index is 12.6. The summed E-state index contributed by atoms with van der Waals surface area (Å²) in [6, 6.07) is 7.09. The van der Waals surface area contributed by atoms with Crippen molar-refractivity contribution in [1.82, 2.24) is 4.31 Å². The Labute approximate surface area is 128 Å². The molecule has 1 aliphatic rings. The lowest BCUT2D eigenvalue weighted by Crippen LogP contribution is -2.33. The molecule has 0 radical (unpaired) electrons. The molecule has 2 N–H and O–H groups in total. The van der Waals surface area contributed by atoms with E-state index < -0.39 is 10.0 Å². The number of sulfonamides is 1. The largest absolute Gasteiger partial charge is 0.399 e. The lowest BCUT2D eigenvalue weighted by Gasteiger charge is -2.21. The summed E-state index contributed by atoms with van der Waals surface area (Å²) in [7, 11) is -3.23. The summed E-state index contributed by atoms with van der Waals surface area (Å²) in [4.78, 5) is 0. The van der Waals surface area contributed by atoms with Gasteiger partial charge in [-0.3, -0.25) is 0 Å². The number of nitrogens with two attached hydrogens (primary N) is 1. The first-order valence-corrected chi connectivity index (χ1v) is 9.31. The first-order chi connectivity index (χ1) is 9.88. The van der Waals surface area contributed by atoms with Gasteiger partial charge in [-0.2, -0.15) is 0 Å². The maximum absolute atomic E-state index is 12.6. The number of nitrogens with zero attached hydrogens (tertiary/aromatic N) is 1. The van der Waals surface area contributed by atoms with E-state index in [0.717, 1.165) is 24.8 Å². The van der Waals surface area contributed by atoms with Gasteiger partial charge in [-0.15, -0.1) is 0 Å². The Morgan fingerprint density at radius 2 is 1.86 bits per heavy atom. The van der Waals surface area contributed by atoms with Gasteiger partial charge in [0.1, 0.15) is 0 Å². The third-order valence-corrected chi connectivity index (χ3v) is 6.25. The molecule has 0 aliphatic carbocycles. The Morgan fingerprint density at radius 3 is 2.48 bits per heavy atom. The third kappa shape index (κ3) is 4.45. The highest BCUT2D eigenvalue weighted by atomic mass is 32.2. The minimum atomic E-state index is -3.23. The average molecular weight is 310 g/mol. The number of rotatable bonds is 4. The molecule has 1 unspecified atom stereocenters. The van der Waals surface area contributed by atoms with E-state index in [9.17, 15) is 8.42 Å². The van der Waals surface area contributed by atoms with Crippen LogP contribution in [0.25, 0.3) is 0 Å². The Bertz CT molecular complexity index is 552. The summed E-state index contributed by atoms with van der Waals surface area (Å²) in [5.41, 5.74) is 7.10. The summed E-state index contributed by atoms with van der Waals surface area (Å²) in [6.07, 6.45) is 3.06. The second-order valence-electron chi connectivity index (χ2n) is 6.33. The number of hydrogen-bond donors (Lipinski definition) is 1. The molecule has 1 saturated heterocycles. The maximum Gasteiger partial charge on any atom is 0.218 e. The Kier molecular flexibility index (Phi) is 5.27. The van der Waals surface area contributed by atoms with Crippen LogP contribution in [0.15, 0.2) is 24.3 Å². The van der Waals surface area contributed by atoms with Gasteiger partial charge in [0.05, 0.1) is 5.75 Å². The van der Waals surface area contributed by atoms with Crippen LogP contribution in [-0.2, 0) is 15.8 Å². The molecular formula is C16H26N2O2S. The zero-order valence-corrected chi connectivity index (χ0v) is 13.8. The van der Waals surface area contributed by atoms with E-state index in [4.69, 9.17) is 5.73 Å². The van der Waals surface area contributed by atoms with Gasteiger partial charge in [0.2, 0.25) is 10.0 Å². The van der Waals surface area contributed by atoms with Crippen molar-refractivity contribution < 1.29 is 8.42 Å². The van der Waals surface area contributed by atoms with Crippen molar-refractivity contribution in [1.29, 1.82) is 0 Å². The van der Waals surface area contributed by atoms with Gasteiger partial charge in [0.15, 0.2) is 0 Å². The van der Waals surface area contributed by atoms with Crippen molar-refractivity contribution >= 4 is 15.7 Å². The molecule has 5 heteroatoms. The van der Waals surface area contributed by atoms with Gasteiger partial charge < -0.3 is 5.73 Å². The highest BCUT2D eigenvalue weighted by Crippen LogP contribution is 2.26. The summed E-state index contributed by atoms with van der Waals surface area (Å²) < 4.78 is 26.8. The van der Waals surface area contributed by atoms with Gasteiger partial charge in [-0.05, 0) is 48.8 Å². The number of anilines is 1. The fourth-order valence-electron chi connectivity index (χ4n) is 2.96. The first-order valence-electron chi connectivity index (χ1n) is 7.71. The van der Waals surface area contributed by atoms with E-state index in [2.05, 4.69) is 13.8 Å². The van der Waals surface area contributed by atoms with E-state index in [1.165, 1.54) is 0 Å². The summed E-state index contributed by atoms with van der Waals surface area (Å²) >= 11 is 0. The van der Waals surface area contributed by atoms with Crippen molar-refractivity contribution in [2.24, 2.45) is 11.8 Å². The van der Waals surface area contributed by atoms with Gasteiger partial charge in [-0.25, -0.2) is 12.7 Å². The number of hydrogen-bond acceptors (Lipinski definition) is 3. The zero-order chi connectivity index (χ0) is 15.5. The fourth-order valence-corrected chi connectivity index (χ4v) is 4.54. The summed E-state index contributed by atoms with van der Waals surface area (Å²) in [5, 5.41) is 0. The Balaban J connectivity index is 2.03. The topological polar surface area (TPSA) is 63.4 Å². The van der Waals surface area contributed by atoms with E-state index in [0.29, 0.717) is 30.6 Å². The van der Waals surface area contributed by atoms with Crippen molar-refractivity contribution in [3.63, 3.8) is 0 Å². The normalized spacial score (nSPS) is 21.4. The fraction of sp³-hybridized carbons (Fsp3) is 0.625. The van der Waals surface area contributed by atoms with Crippen LogP contribution in [0.1, 0.15) is 38.7 Å². The second-order valence-corrected chi connectivity index (χ2v) is 8.30. The molecule has 0 saturated carbocycles.